The van der Waals surface area contributed by atoms with Gasteiger partial charge in [0.25, 0.3) is 5.91 Å². The topological polar surface area (TPSA) is 57.6 Å². The van der Waals surface area contributed by atoms with Gasteiger partial charge in [0.05, 0.1) is 5.56 Å². The van der Waals surface area contributed by atoms with Crippen molar-refractivity contribution in [3.05, 3.63) is 21.4 Å². The molecule has 0 bridgehead atoms. The Bertz CT molecular complexity index is 489. The molecule has 0 aliphatic heterocycles. The second-order valence-corrected chi connectivity index (χ2v) is 6.55. The monoisotopic (exact) mass is 281 g/mol. The number of thiophene rings is 1. The summed E-state index contributed by atoms with van der Waals surface area (Å²) >= 11 is 1.58. The van der Waals surface area contributed by atoms with Gasteiger partial charge in [0.2, 0.25) is 0 Å². The zero-order valence-corrected chi connectivity index (χ0v) is 12.1. The number of hydrogen-bond donors (Lipinski definition) is 1. The van der Waals surface area contributed by atoms with Crippen LogP contribution in [0.15, 0.2) is 6.07 Å². The number of carboxylic acid groups (broad SMARTS) is 1. The number of hydrogen-bond acceptors (Lipinski definition) is 3. The molecule has 1 N–H and O–H groups in total. The Hall–Kier alpha value is -1.36. The molecule has 104 valence electrons. The number of aryl methyl sites for hydroxylation is 2. The van der Waals surface area contributed by atoms with Gasteiger partial charge in [-0.05, 0) is 32.8 Å². The van der Waals surface area contributed by atoms with E-state index < -0.39 is 5.97 Å². The van der Waals surface area contributed by atoms with Crippen LogP contribution in [0.2, 0.25) is 0 Å². The van der Waals surface area contributed by atoms with E-state index in [9.17, 15) is 9.59 Å². The lowest BCUT2D eigenvalue weighted by Crippen LogP contribution is -2.42. The van der Waals surface area contributed by atoms with Crippen molar-refractivity contribution in [3.8, 4) is 0 Å². The van der Waals surface area contributed by atoms with Crippen LogP contribution in [-0.4, -0.2) is 34.5 Å². The highest BCUT2D eigenvalue weighted by molar-refractivity contribution is 7.12. The van der Waals surface area contributed by atoms with Crippen LogP contribution in [0.5, 0.6) is 0 Å². The molecule has 0 spiro atoms. The Kier molecular flexibility index (Phi) is 4.24. The van der Waals surface area contributed by atoms with Crippen molar-refractivity contribution in [1.29, 1.82) is 0 Å². The van der Waals surface area contributed by atoms with Crippen molar-refractivity contribution in [2.75, 3.05) is 6.54 Å². The second-order valence-electron chi connectivity index (χ2n) is 5.09. The summed E-state index contributed by atoms with van der Waals surface area (Å²) < 4.78 is 0. The van der Waals surface area contributed by atoms with Crippen LogP contribution >= 0.6 is 11.3 Å². The Morgan fingerprint density at radius 2 is 2.00 bits per heavy atom. The molecule has 1 saturated carbocycles. The lowest BCUT2D eigenvalue weighted by Gasteiger charge is -2.27. The number of carbonyl (C=O) groups excluding carboxylic acids is 1. The van der Waals surface area contributed by atoms with Crippen molar-refractivity contribution in [2.24, 2.45) is 0 Å². The molecule has 0 aromatic carbocycles. The zero-order chi connectivity index (χ0) is 14.0. The van der Waals surface area contributed by atoms with Gasteiger partial charge in [-0.25, -0.2) is 0 Å². The van der Waals surface area contributed by atoms with Gasteiger partial charge in [0, 0.05) is 15.8 Å². The molecule has 1 fully saturated rings. The second kappa shape index (κ2) is 5.74. The molecule has 4 nitrogen and oxygen atoms in total. The Balaban J connectivity index is 2.24. The van der Waals surface area contributed by atoms with E-state index in [1.165, 1.54) is 0 Å². The lowest BCUT2D eigenvalue weighted by molar-refractivity contribution is -0.138. The first kappa shape index (κ1) is 14.1. The minimum atomic E-state index is -0.940. The summed E-state index contributed by atoms with van der Waals surface area (Å²) in [6, 6.07) is 1.95. The van der Waals surface area contributed by atoms with Gasteiger partial charge in [-0.3, -0.25) is 9.59 Å². The van der Waals surface area contributed by atoms with E-state index in [1.807, 2.05) is 19.9 Å². The molecule has 1 amide bonds. The predicted octanol–water partition coefficient (Wildman–Crippen LogP) is 2.83. The van der Waals surface area contributed by atoms with Crippen LogP contribution in [-0.2, 0) is 4.79 Å². The molecule has 1 aromatic heterocycles. The van der Waals surface area contributed by atoms with Gasteiger partial charge >= 0.3 is 5.97 Å². The van der Waals surface area contributed by atoms with Gasteiger partial charge in [-0.2, -0.15) is 0 Å². The maximum atomic E-state index is 12.6. The minimum Gasteiger partial charge on any atom is -0.480 e. The molecule has 1 aliphatic rings. The number of carboxylic acids is 1. The highest BCUT2D eigenvalue weighted by atomic mass is 32.1. The number of amides is 1. The minimum absolute atomic E-state index is 0.0863. The van der Waals surface area contributed by atoms with Crippen LogP contribution in [0, 0.1) is 13.8 Å². The van der Waals surface area contributed by atoms with Gasteiger partial charge in [0.15, 0.2) is 0 Å². The molecule has 0 unspecified atom stereocenters. The third-order valence-corrected chi connectivity index (χ3v) is 4.57. The van der Waals surface area contributed by atoms with Gasteiger partial charge in [-0.15, -0.1) is 11.3 Å². The van der Waals surface area contributed by atoms with Crippen LogP contribution in [0.3, 0.4) is 0 Å². The number of aliphatic carboxylic acids is 1. The van der Waals surface area contributed by atoms with Gasteiger partial charge < -0.3 is 10.0 Å². The molecule has 19 heavy (non-hydrogen) atoms. The fourth-order valence-electron chi connectivity index (χ4n) is 2.73. The van der Waals surface area contributed by atoms with E-state index in [0.717, 1.165) is 35.4 Å². The van der Waals surface area contributed by atoms with Crippen LogP contribution in [0.1, 0.15) is 45.8 Å². The van der Waals surface area contributed by atoms with Gasteiger partial charge in [-0.1, -0.05) is 12.8 Å². The molecule has 5 heteroatoms. The smallest absolute Gasteiger partial charge is 0.323 e. The van der Waals surface area contributed by atoms with Crippen LogP contribution < -0.4 is 0 Å². The Morgan fingerprint density at radius 3 is 2.47 bits per heavy atom. The summed E-state index contributed by atoms with van der Waals surface area (Å²) in [4.78, 5) is 27.2. The van der Waals surface area contributed by atoms with Crippen LogP contribution in [0.25, 0.3) is 0 Å². The molecule has 0 atom stereocenters. The highest BCUT2D eigenvalue weighted by Gasteiger charge is 2.30. The van der Waals surface area contributed by atoms with Crippen molar-refractivity contribution >= 4 is 23.2 Å². The van der Waals surface area contributed by atoms with E-state index >= 15 is 0 Å². The largest absolute Gasteiger partial charge is 0.480 e. The molecular formula is C14H19NO3S. The molecule has 0 radical (unpaired) electrons. The number of carbonyl (C=O) groups is 2. The van der Waals surface area contributed by atoms with Crippen molar-refractivity contribution < 1.29 is 14.7 Å². The van der Waals surface area contributed by atoms with E-state index in [4.69, 9.17) is 5.11 Å². The van der Waals surface area contributed by atoms with Crippen molar-refractivity contribution in [2.45, 2.75) is 45.6 Å². The Labute approximate surface area is 117 Å². The fourth-order valence-corrected chi connectivity index (χ4v) is 3.64. The van der Waals surface area contributed by atoms with E-state index in [0.29, 0.717) is 5.56 Å². The van der Waals surface area contributed by atoms with E-state index in [-0.39, 0.29) is 18.5 Å². The quantitative estimate of drug-likeness (QED) is 0.923. The maximum absolute atomic E-state index is 12.6. The molecule has 0 saturated heterocycles. The first-order valence-electron chi connectivity index (χ1n) is 6.59. The number of nitrogens with zero attached hydrogens (tertiary/aromatic N) is 1. The number of rotatable bonds is 4. The maximum Gasteiger partial charge on any atom is 0.323 e. The third-order valence-electron chi connectivity index (χ3n) is 3.60. The fraction of sp³-hybridized carbons (Fsp3) is 0.571. The van der Waals surface area contributed by atoms with Crippen molar-refractivity contribution in [1.82, 2.24) is 4.90 Å². The SMILES string of the molecule is Cc1cc(C(=O)N(CC(=O)O)C2CCCC2)c(C)s1. The van der Waals surface area contributed by atoms with Crippen LogP contribution in [0.4, 0.5) is 0 Å². The molecule has 2 rings (SSSR count). The molecule has 1 aromatic rings. The highest BCUT2D eigenvalue weighted by Crippen LogP contribution is 2.27. The van der Waals surface area contributed by atoms with E-state index in [2.05, 4.69) is 0 Å². The first-order valence-corrected chi connectivity index (χ1v) is 7.40. The molecule has 1 aliphatic carbocycles. The average molecular weight is 281 g/mol. The first-order chi connectivity index (χ1) is 8.99. The summed E-state index contributed by atoms with van der Waals surface area (Å²) in [5.74, 6) is -1.07. The van der Waals surface area contributed by atoms with E-state index in [1.54, 1.807) is 16.2 Å². The lowest BCUT2D eigenvalue weighted by atomic mass is 10.1. The summed E-state index contributed by atoms with van der Waals surface area (Å²) in [6.45, 7) is 3.68. The predicted molar refractivity (Wildman–Crippen MR) is 74.7 cm³/mol. The van der Waals surface area contributed by atoms with Gasteiger partial charge in [0.1, 0.15) is 6.54 Å². The average Bonchev–Trinajstić information content (AvgIpc) is 2.94. The zero-order valence-electron chi connectivity index (χ0n) is 11.3. The summed E-state index contributed by atoms with van der Waals surface area (Å²) in [5.41, 5.74) is 0.663. The normalized spacial score (nSPS) is 15.7. The summed E-state index contributed by atoms with van der Waals surface area (Å²) in [7, 11) is 0. The Morgan fingerprint density at radius 1 is 1.37 bits per heavy atom. The molecule has 1 heterocycles. The third kappa shape index (κ3) is 3.15. The molecular weight excluding hydrogens is 262 g/mol. The summed E-state index contributed by atoms with van der Waals surface area (Å²) in [6.07, 6.45) is 3.99. The standard InChI is InChI=1S/C14H19NO3S/c1-9-7-12(10(2)19-9)14(18)15(8-13(16)17)11-5-3-4-6-11/h7,11H,3-6,8H2,1-2H3,(H,16,17). The van der Waals surface area contributed by atoms with Crippen molar-refractivity contribution in [3.63, 3.8) is 0 Å². The summed E-state index contributed by atoms with van der Waals surface area (Å²) in [5, 5.41) is 9.02.